The Hall–Kier alpha value is -1.75. The lowest BCUT2D eigenvalue weighted by Gasteiger charge is -2.12. The molecular formula is C15H19N3OS. The van der Waals surface area contributed by atoms with Gasteiger partial charge in [-0.25, -0.2) is 4.98 Å². The van der Waals surface area contributed by atoms with E-state index in [9.17, 15) is 4.79 Å². The standard InChI is InChI=1S/C15H19N3OS/c1-11(2)10-18-9-8-16-15(18)17-14(19)12-6-4-5-7-13(12)20-3/h4-9,11H,10H2,1-3H3,(H,16,17,19). The van der Waals surface area contributed by atoms with Crippen LogP contribution in [0.5, 0.6) is 0 Å². The Morgan fingerprint density at radius 3 is 2.85 bits per heavy atom. The van der Waals surface area contributed by atoms with Gasteiger partial charge in [0, 0.05) is 23.8 Å². The van der Waals surface area contributed by atoms with Gasteiger partial charge in [-0.3, -0.25) is 10.1 Å². The summed E-state index contributed by atoms with van der Waals surface area (Å²) in [5, 5.41) is 2.89. The van der Waals surface area contributed by atoms with Gasteiger partial charge in [-0.15, -0.1) is 11.8 Å². The Morgan fingerprint density at radius 1 is 1.40 bits per heavy atom. The molecule has 106 valence electrons. The summed E-state index contributed by atoms with van der Waals surface area (Å²) in [5.41, 5.74) is 0.680. The fourth-order valence-electron chi connectivity index (χ4n) is 1.98. The molecule has 0 spiro atoms. The number of rotatable bonds is 5. The molecule has 0 radical (unpaired) electrons. The predicted molar refractivity (Wildman–Crippen MR) is 83.2 cm³/mol. The molecule has 1 heterocycles. The van der Waals surface area contributed by atoms with Crippen molar-refractivity contribution in [3.63, 3.8) is 0 Å². The van der Waals surface area contributed by atoms with Gasteiger partial charge in [0.05, 0.1) is 5.56 Å². The van der Waals surface area contributed by atoms with E-state index in [0.29, 0.717) is 17.4 Å². The van der Waals surface area contributed by atoms with Crippen LogP contribution in [0.1, 0.15) is 24.2 Å². The van der Waals surface area contributed by atoms with Crippen LogP contribution in [0.4, 0.5) is 5.95 Å². The summed E-state index contributed by atoms with van der Waals surface area (Å²) in [7, 11) is 0. The Morgan fingerprint density at radius 2 is 2.15 bits per heavy atom. The third kappa shape index (κ3) is 3.42. The minimum absolute atomic E-state index is 0.119. The minimum Gasteiger partial charge on any atom is -0.317 e. The fraction of sp³-hybridized carbons (Fsp3) is 0.333. The number of benzene rings is 1. The van der Waals surface area contributed by atoms with E-state index in [1.54, 1.807) is 18.0 Å². The maximum absolute atomic E-state index is 12.4. The first kappa shape index (κ1) is 14.7. The quantitative estimate of drug-likeness (QED) is 0.857. The molecule has 0 bridgehead atoms. The van der Waals surface area contributed by atoms with E-state index in [-0.39, 0.29) is 5.91 Å². The van der Waals surface area contributed by atoms with Crippen molar-refractivity contribution < 1.29 is 4.79 Å². The first-order valence-electron chi connectivity index (χ1n) is 6.57. The SMILES string of the molecule is CSc1ccccc1C(=O)Nc1nccn1CC(C)C. The number of imidazole rings is 1. The number of nitrogens with zero attached hydrogens (tertiary/aromatic N) is 2. The average Bonchev–Trinajstić information content (AvgIpc) is 2.85. The van der Waals surface area contributed by atoms with Crippen LogP contribution in [-0.4, -0.2) is 21.7 Å². The summed E-state index contributed by atoms with van der Waals surface area (Å²) in [5.74, 6) is 0.976. The van der Waals surface area contributed by atoms with E-state index in [2.05, 4.69) is 24.1 Å². The molecule has 1 aromatic carbocycles. The lowest BCUT2D eigenvalue weighted by atomic mass is 10.2. The first-order chi connectivity index (χ1) is 9.61. The Bertz CT molecular complexity index is 592. The molecule has 0 atom stereocenters. The molecule has 1 amide bonds. The highest BCUT2D eigenvalue weighted by Crippen LogP contribution is 2.21. The predicted octanol–water partition coefficient (Wildman–Crippen LogP) is 3.51. The van der Waals surface area contributed by atoms with Gasteiger partial charge in [0.1, 0.15) is 0 Å². The van der Waals surface area contributed by atoms with Crippen molar-refractivity contribution in [3.8, 4) is 0 Å². The Balaban J connectivity index is 2.18. The monoisotopic (exact) mass is 289 g/mol. The molecule has 0 saturated carbocycles. The maximum Gasteiger partial charge on any atom is 0.259 e. The Labute approximate surface area is 123 Å². The van der Waals surface area contributed by atoms with Crippen LogP contribution in [0.15, 0.2) is 41.6 Å². The molecule has 0 aliphatic heterocycles. The number of aromatic nitrogens is 2. The summed E-state index contributed by atoms with van der Waals surface area (Å²) < 4.78 is 1.96. The zero-order valence-corrected chi connectivity index (χ0v) is 12.8. The van der Waals surface area contributed by atoms with Gasteiger partial charge in [0.2, 0.25) is 5.95 Å². The summed E-state index contributed by atoms with van der Waals surface area (Å²) in [4.78, 5) is 17.5. The molecule has 4 nitrogen and oxygen atoms in total. The molecule has 0 unspecified atom stereocenters. The number of thioether (sulfide) groups is 1. The molecule has 1 aromatic heterocycles. The molecule has 0 aliphatic carbocycles. The second-order valence-corrected chi connectivity index (χ2v) is 5.80. The van der Waals surface area contributed by atoms with Crippen molar-refractivity contribution in [3.05, 3.63) is 42.2 Å². The summed E-state index contributed by atoms with van der Waals surface area (Å²) in [6.45, 7) is 5.10. The number of carbonyl (C=O) groups excluding carboxylic acids is 1. The van der Waals surface area contributed by atoms with Gasteiger partial charge < -0.3 is 4.57 Å². The van der Waals surface area contributed by atoms with Crippen molar-refractivity contribution in [1.82, 2.24) is 9.55 Å². The third-order valence-electron chi connectivity index (χ3n) is 2.85. The molecule has 5 heteroatoms. The smallest absolute Gasteiger partial charge is 0.259 e. The number of anilines is 1. The number of hydrogen-bond acceptors (Lipinski definition) is 3. The van der Waals surface area contributed by atoms with E-state index in [4.69, 9.17) is 0 Å². The molecule has 20 heavy (non-hydrogen) atoms. The molecule has 2 aromatic rings. The molecule has 0 aliphatic rings. The van der Waals surface area contributed by atoms with Crippen molar-refractivity contribution in [2.75, 3.05) is 11.6 Å². The van der Waals surface area contributed by atoms with Gasteiger partial charge in [-0.2, -0.15) is 0 Å². The van der Waals surface area contributed by atoms with Crippen LogP contribution in [0.2, 0.25) is 0 Å². The van der Waals surface area contributed by atoms with Gasteiger partial charge in [-0.05, 0) is 24.3 Å². The van der Waals surface area contributed by atoms with E-state index < -0.39 is 0 Å². The molecule has 1 N–H and O–H groups in total. The van der Waals surface area contributed by atoms with E-state index in [1.807, 2.05) is 41.3 Å². The number of nitrogens with one attached hydrogen (secondary N) is 1. The van der Waals surface area contributed by atoms with Crippen molar-refractivity contribution in [2.45, 2.75) is 25.3 Å². The van der Waals surface area contributed by atoms with Crippen LogP contribution in [0.3, 0.4) is 0 Å². The van der Waals surface area contributed by atoms with Crippen LogP contribution in [-0.2, 0) is 6.54 Å². The second-order valence-electron chi connectivity index (χ2n) is 4.95. The van der Waals surface area contributed by atoms with Crippen molar-refractivity contribution in [1.29, 1.82) is 0 Å². The zero-order chi connectivity index (χ0) is 14.5. The van der Waals surface area contributed by atoms with Crippen molar-refractivity contribution >= 4 is 23.6 Å². The van der Waals surface area contributed by atoms with E-state index in [1.165, 1.54) is 0 Å². The lowest BCUT2D eigenvalue weighted by molar-refractivity contribution is 0.102. The highest BCUT2D eigenvalue weighted by Gasteiger charge is 2.13. The number of amides is 1. The van der Waals surface area contributed by atoms with Crippen LogP contribution >= 0.6 is 11.8 Å². The average molecular weight is 289 g/mol. The summed E-state index contributed by atoms with van der Waals surface area (Å²) in [6, 6.07) is 7.58. The summed E-state index contributed by atoms with van der Waals surface area (Å²) in [6.07, 6.45) is 5.56. The van der Waals surface area contributed by atoms with Crippen LogP contribution < -0.4 is 5.32 Å². The highest BCUT2D eigenvalue weighted by molar-refractivity contribution is 7.98. The normalized spacial score (nSPS) is 10.8. The van der Waals surface area contributed by atoms with Crippen molar-refractivity contribution in [2.24, 2.45) is 5.92 Å². The van der Waals surface area contributed by atoms with Gasteiger partial charge in [0.25, 0.3) is 5.91 Å². The zero-order valence-electron chi connectivity index (χ0n) is 12.0. The molecular weight excluding hydrogens is 270 g/mol. The molecule has 2 rings (SSSR count). The number of hydrogen-bond donors (Lipinski definition) is 1. The van der Waals surface area contributed by atoms with Gasteiger partial charge in [-0.1, -0.05) is 26.0 Å². The van der Waals surface area contributed by atoms with E-state index in [0.717, 1.165) is 11.4 Å². The summed E-state index contributed by atoms with van der Waals surface area (Å²) >= 11 is 1.56. The highest BCUT2D eigenvalue weighted by atomic mass is 32.2. The van der Waals surface area contributed by atoms with Crippen LogP contribution in [0, 0.1) is 5.92 Å². The van der Waals surface area contributed by atoms with Crippen LogP contribution in [0.25, 0.3) is 0 Å². The first-order valence-corrected chi connectivity index (χ1v) is 7.79. The minimum atomic E-state index is -0.119. The van der Waals surface area contributed by atoms with Gasteiger partial charge in [0.15, 0.2) is 0 Å². The largest absolute Gasteiger partial charge is 0.317 e. The number of carbonyl (C=O) groups is 1. The maximum atomic E-state index is 12.4. The Kier molecular flexibility index (Phi) is 4.84. The topological polar surface area (TPSA) is 46.9 Å². The second kappa shape index (κ2) is 6.61. The lowest BCUT2D eigenvalue weighted by Crippen LogP contribution is -2.17. The fourth-order valence-corrected chi connectivity index (χ4v) is 2.57. The van der Waals surface area contributed by atoms with E-state index >= 15 is 0 Å². The molecule has 0 saturated heterocycles. The molecule has 0 fully saturated rings. The third-order valence-corrected chi connectivity index (χ3v) is 3.65. The van der Waals surface area contributed by atoms with Gasteiger partial charge >= 0.3 is 0 Å².